The van der Waals surface area contributed by atoms with Gasteiger partial charge in [0, 0.05) is 24.2 Å². The summed E-state index contributed by atoms with van der Waals surface area (Å²) in [4.78, 5) is 24.2. The lowest BCUT2D eigenvalue weighted by atomic mass is 9.67. The molecule has 0 radical (unpaired) electrons. The van der Waals surface area contributed by atoms with Gasteiger partial charge in [0.25, 0.3) is 0 Å². The first-order valence-electron chi connectivity index (χ1n) is 14.7. The van der Waals surface area contributed by atoms with Gasteiger partial charge in [-0.1, -0.05) is 12.8 Å². The number of hydrogen-bond donors (Lipinski definition) is 7. The van der Waals surface area contributed by atoms with Crippen molar-refractivity contribution in [2.24, 2.45) is 17.8 Å². The Morgan fingerprint density at radius 2 is 1.86 bits per heavy atom. The maximum Gasteiger partial charge on any atom is 0.335 e. The number of carbonyl (C=O) groups is 2. The summed E-state index contributed by atoms with van der Waals surface area (Å²) in [6.07, 6.45) is -2.17. The molecule has 236 valence electrons. The SMILES string of the molecule is CC(=O)c1c(C)c(O)c2cc(C(=O)O)cc(OC3OC(CO)C(O)(CCC4CCCC5COCCC45)C(O)C3O)c2c1O. The summed E-state index contributed by atoms with van der Waals surface area (Å²) in [6.45, 7) is 3.26. The fourth-order valence-electron chi connectivity index (χ4n) is 7.41. The van der Waals surface area contributed by atoms with Gasteiger partial charge in [0.1, 0.15) is 41.2 Å². The molecule has 0 aromatic heterocycles. The molecule has 3 aliphatic rings. The van der Waals surface area contributed by atoms with E-state index in [0.717, 1.165) is 37.8 Å². The van der Waals surface area contributed by atoms with Crippen LogP contribution in [0.3, 0.4) is 0 Å². The van der Waals surface area contributed by atoms with Gasteiger partial charge in [-0.05, 0) is 69.4 Å². The van der Waals surface area contributed by atoms with Crippen LogP contribution in [-0.2, 0) is 9.47 Å². The van der Waals surface area contributed by atoms with Crippen molar-refractivity contribution in [3.8, 4) is 17.2 Å². The maximum absolute atomic E-state index is 12.3. The van der Waals surface area contributed by atoms with E-state index in [1.807, 2.05) is 0 Å². The quantitative estimate of drug-likeness (QED) is 0.171. The molecule has 5 rings (SSSR count). The molecule has 8 atom stereocenters. The van der Waals surface area contributed by atoms with Crippen molar-refractivity contribution in [1.29, 1.82) is 0 Å². The Kier molecular flexibility index (Phi) is 8.90. The molecule has 0 spiro atoms. The number of aromatic carboxylic acids is 1. The Labute approximate surface area is 248 Å². The molecule has 3 fully saturated rings. The van der Waals surface area contributed by atoms with Crippen LogP contribution >= 0.6 is 0 Å². The molecule has 8 unspecified atom stereocenters. The summed E-state index contributed by atoms with van der Waals surface area (Å²) >= 11 is 0. The highest BCUT2D eigenvalue weighted by molar-refractivity contribution is 6.11. The predicted molar refractivity (Wildman–Crippen MR) is 151 cm³/mol. The number of aliphatic hydroxyl groups excluding tert-OH is 3. The van der Waals surface area contributed by atoms with Crippen molar-refractivity contribution in [3.05, 3.63) is 28.8 Å². The van der Waals surface area contributed by atoms with Crippen LogP contribution in [0.2, 0.25) is 0 Å². The Bertz CT molecular complexity index is 1390. The number of carbonyl (C=O) groups excluding carboxylic acids is 1. The van der Waals surface area contributed by atoms with Gasteiger partial charge in [0.15, 0.2) is 5.78 Å². The van der Waals surface area contributed by atoms with Gasteiger partial charge >= 0.3 is 5.97 Å². The Balaban J connectivity index is 1.44. The molecule has 2 saturated heterocycles. The number of fused-ring (bicyclic) bond motifs is 2. The lowest BCUT2D eigenvalue weighted by Crippen LogP contribution is -2.68. The Hall–Kier alpha value is -3.00. The number of carboxylic acids is 1. The van der Waals surface area contributed by atoms with Crippen molar-refractivity contribution >= 4 is 22.5 Å². The second-order valence-electron chi connectivity index (χ2n) is 12.2. The third-order valence-electron chi connectivity index (χ3n) is 9.74. The smallest absolute Gasteiger partial charge is 0.335 e. The molecule has 2 aromatic carbocycles. The zero-order valence-corrected chi connectivity index (χ0v) is 24.2. The van der Waals surface area contributed by atoms with Crippen LogP contribution in [0.5, 0.6) is 17.2 Å². The predicted octanol–water partition coefficient (Wildman–Crippen LogP) is 2.24. The van der Waals surface area contributed by atoms with E-state index >= 15 is 0 Å². The van der Waals surface area contributed by atoms with Crippen molar-refractivity contribution in [1.82, 2.24) is 0 Å². The van der Waals surface area contributed by atoms with Gasteiger partial charge < -0.3 is 50.0 Å². The minimum absolute atomic E-state index is 0.0332. The van der Waals surface area contributed by atoms with Gasteiger partial charge in [0.2, 0.25) is 6.29 Å². The normalized spacial score (nSPS) is 32.7. The number of hydrogen-bond acceptors (Lipinski definition) is 11. The molecule has 0 amide bonds. The van der Waals surface area contributed by atoms with E-state index in [4.69, 9.17) is 14.2 Å². The standard InChI is InChI=1S/C31H40O12/c1-14-23(15(2)33)26(35)24-20(25(14)34)10-18(29(38)39)11-21(24)42-30-27(36)28(37)31(40,22(12-32)43-30)8-6-16-4-3-5-17-13-41-9-7-19(16)17/h10-11,16-17,19,22,27-28,30,32,34-37,40H,3-9,12-13H2,1-2H3,(H,38,39). The number of phenolic OH excluding ortho intramolecular Hbond substituents is 2. The van der Waals surface area contributed by atoms with Crippen molar-refractivity contribution in [2.45, 2.75) is 82.6 Å². The van der Waals surface area contributed by atoms with Crippen LogP contribution in [0, 0.1) is 24.7 Å². The molecular weight excluding hydrogens is 564 g/mol. The molecule has 2 aliphatic heterocycles. The van der Waals surface area contributed by atoms with Gasteiger partial charge in [-0.15, -0.1) is 0 Å². The van der Waals surface area contributed by atoms with Gasteiger partial charge in [-0.3, -0.25) is 4.79 Å². The van der Waals surface area contributed by atoms with E-state index in [0.29, 0.717) is 31.5 Å². The molecule has 2 aromatic rings. The third kappa shape index (κ3) is 5.56. The fraction of sp³-hybridized carbons (Fsp3) is 0.613. The van der Waals surface area contributed by atoms with E-state index < -0.39 is 60.1 Å². The summed E-state index contributed by atoms with van der Waals surface area (Å²) in [7, 11) is 0. The van der Waals surface area contributed by atoms with Crippen LogP contribution in [0.1, 0.15) is 71.7 Å². The molecule has 12 heteroatoms. The summed E-state index contributed by atoms with van der Waals surface area (Å²) in [5.41, 5.74) is -2.53. The minimum atomic E-state index is -2.02. The Morgan fingerprint density at radius 1 is 1.12 bits per heavy atom. The topological polar surface area (TPSA) is 203 Å². The fourth-order valence-corrected chi connectivity index (χ4v) is 7.41. The molecule has 0 bridgehead atoms. The largest absolute Gasteiger partial charge is 0.507 e. The molecule has 1 aliphatic carbocycles. The summed E-state index contributed by atoms with van der Waals surface area (Å²) < 4.78 is 17.3. The number of aliphatic hydroxyl groups is 4. The minimum Gasteiger partial charge on any atom is -0.507 e. The van der Waals surface area contributed by atoms with E-state index in [1.54, 1.807) is 0 Å². The average Bonchev–Trinajstić information content (AvgIpc) is 2.98. The first-order chi connectivity index (χ1) is 20.4. The zero-order chi connectivity index (χ0) is 31.2. The van der Waals surface area contributed by atoms with E-state index in [1.165, 1.54) is 13.8 Å². The van der Waals surface area contributed by atoms with Crippen LogP contribution < -0.4 is 4.74 Å². The van der Waals surface area contributed by atoms with Gasteiger partial charge in [-0.2, -0.15) is 0 Å². The highest BCUT2D eigenvalue weighted by Crippen LogP contribution is 2.47. The lowest BCUT2D eigenvalue weighted by molar-refractivity contribution is -0.315. The number of benzene rings is 2. The van der Waals surface area contributed by atoms with Crippen LogP contribution in [0.25, 0.3) is 10.8 Å². The van der Waals surface area contributed by atoms with Gasteiger partial charge in [0.05, 0.1) is 23.1 Å². The first-order valence-corrected chi connectivity index (χ1v) is 14.7. The number of rotatable bonds is 8. The highest BCUT2D eigenvalue weighted by Gasteiger charge is 2.55. The molecule has 1 saturated carbocycles. The summed E-state index contributed by atoms with van der Waals surface area (Å²) in [5.74, 6) is -2.19. The average molecular weight is 605 g/mol. The van der Waals surface area contributed by atoms with Crippen molar-refractivity contribution < 1.29 is 59.5 Å². The second-order valence-corrected chi connectivity index (χ2v) is 12.2. The zero-order valence-electron chi connectivity index (χ0n) is 24.2. The number of ether oxygens (including phenoxy) is 3. The van der Waals surface area contributed by atoms with Crippen LogP contribution in [0.15, 0.2) is 12.1 Å². The number of carboxylic acid groups (broad SMARTS) is 1. The number of Topliss-reactive ketones (excluding diaryl/α,β-unsaturated/α-hetero) is 1. The van der Waals surface area contributed by atoms with E-state index in [-0.39, 0.29) is 45.6 Å². The number of ketones is 1. The molecular formula is C31H40O12. The second kappa shape index (κ2) is 12.2. The van der Waals surface area contributed by atoms with Crippen LogP contribution in [0.4, 0.5) is 0 Å². The van der Waals surface area contributed by atoms with Gasteiger partial charge in [-0.25, -0.2) is 4.79 Å². The number of phenols is 2. The highest BCUT2D eigenvalue weighted by atomic mass is 16.7. The van der Waals surface area contributed by atoms with Crippen molar-refractivity contribution in [2.75, 3.05) is 19.8 Å². The molecule has 7 N–H and O–H groups in total. The molecule has 43 heavy (non-hydrogen) atoms. The summed E-state index contributed by atoms with van der Waals surface area (Å²) in [6, 6.07) is 2.13. The number of aromatic hydroxyl groups is 2. The van der Waals surface area contributed by atoms with Crippen molar-refractivity contribution in [3.63, 3.8) is 0 Å². The van der Waals surface area contributed by atoms with E-state index in [2.05, 4.69) is 0 Å². The lowest BCUT2D eigenvalue weighted by Gasteiger charge is -2.49. The molecule has 2 heterocycles. The van der Waals surface area contributed by atoms with E-state index in [9.17, 15) is 45.3 Å². The van der Waals surface area contributed by atoms with Crippen LogP contribution in [-0.4, -0.2) is 97.5 Å². The molecule has 12 nitrogen and oxygen atoms in total. The maximum atomic E-state index is 12.3. The Morgan fingerprint density at radius 3 is 2.53 bits per heavy atom. The summed E-state index contributed by atoms with van der Waals surface area (Å²) in [5, 5.41) is 75.3. The first kappa shape index (κ1) is 31.4. The third-order valence-corrected chi connectivity index (χ3v) is 9.74. The monoisotopic (exact) mass is 604 g/mol.